The first-order valence-corrected chi connectivity index (χ1v) is 11.5. The SMILES string of the molecule is CC(C)(C)C(=O)Nc1cncc(-c2ccc3[nH]nc(-c4cc5c(-c6ccoc6)ccnc5[nH]4)c3n2)c1. The summed E-state index contributed by atoms with van der Waals surface area (Å²) in [5.41, 5.74) is 7.38. The number of rotatable bonds is 4. The molecule has 0 aliphatic rings. The van der Waals surface area contributed by atoms with E-state index < -0.39 is 5.41 Å². The van der Waals surface area contributed by atoms with Crippen molar-refractivity contribution in [2.45, 2.75) is 20.8 Å². The fraction of sp³-hybridized carbons (Fsp3) is 0.148. The van der Waals surface area contributed by atoms with Crippen LogP contribution in [0.25, 0.3) is 55.8 Å². The van der Waals surface area contributed by atoms with Crippen LogP contribution in [0.2, 0.25) is 0 Å². The van der Waals surface area contributed by atoms with Gasteiger partial charge in [0.05, 0.1) is 41.3 Å². The second-order valence-corrected chi connectivity index (χ2v) is 9.65. The molecule has 0 bridgehead atoms. The Morgan fingerprint density at radius 1 is 1.06 bits per heavy atom. The maximum Gasteiger partial charge on any atom is 0.229 e. The lowest BCUT2D eigenvalue weighted by Crippen LogP contribution is -2.27. The molecule has 0 spiro atoms. The number of hydrogen-bond donors (Lipinski definition) is 3. The van der Waals surface area contributed by atoms with E-state index in [-0.39, 0.29) is 5.91 Å². The van der Waals surface area contributed by atoms with Crippen molar-refractivity contribution in [2.75, 3.05) is 5.32 Å². The summed E-state index contributed by atoms with van der Waals surface area (Å²) in [6.45, 7) is 5.60. The fourth-order valence-corrected chi connectivity index (χ4v) is 4.04. The van der Waals surface area contributed by atoms with Gasteiger partial charge in [-0.2, -0.15) is 5.10 Å². The van der Waals surface area contributed by atoms with Crippen molar-refractivity contribution >= 4 is 33.7 Å². The Labute approximate surface area is 206 Å². The summed E-state index contributed by atoms with van der Waals surface area (Å²) in [7, 11) is 0. The van der Waals surface area contributed by atoms with Crippen molar-refractivity contribution in [1.29, 1.82) is 0 Å². The Hall–Kier alpha value is -4.79. The summed E-state index contributed by atoms with van der Waals surface area (Å²) in [5, 5.41) is 11.5. The van der Waals surface area contributed by atoms with Gasteiger partial charge in [-0.05, 0) is 42.0 Å². The Kier molecular flexibility index (Phi) is 4.92. The zero-order valence-electron chi connectivity index (χ0n) is 20.0. The minimum absolute atomic E-state index is 0.0795. The minimum Gasteiger partial charge on any atom is -0.472 e. The lowest BCUT2D eigenvalue weighted by Gasteiger charge is -2.17. The van der Waals surface area contributed by atoms with Gasteiger partial charge in [-0.15, -0.1) is 0 Å². The van der Waals surface area contributed by atoms with Crippen LogP contribution in [0.15, 0.2) is 71.9 Å². The summed E-state index contributed by atoms with van der Waals surface area (Å²) in [5.74, 6) is -0.0795. The van der Waals surface area contributed by atoms with Gasteiger partial charge >= 0.3 is 0 Å². The molecule has 3 N–H and O–H groups in total. The number of carbonyl (C=O) groups excluding carboxylic acids is 1. The molecular weight excluding hydrogens is 454 g/mol. The van der Waals surface area contributed by atoms with Gasteiger partial charge in [0.25, 0.3) is 0 Å². The molecular formula is C27H23N7O2. The molecule has 1 amide bonds. The van der Waals surface area contributed by atoms with E-state index >= 15 is 0 Å². The molecule has 0 radical (unpaired) electrons. The van der Waals surface area contributed by atoms with Crippen LogP contribution in [0.3, 0.4) is 0 Å². The topological polar surface area (TPSA) is 125 Å². The van der Waals surface area contributed by atoms with Crippen molar-refractivity contribution in [3.05, 3.63) is 67.5 Å². The molecule has 36 heavy (non-hydrogen) atoms. The molecule has 0 aliphatic carbocycles. The fourth-order valence-electron chi connectivity index (χ4n) is 4.04. The number of hydrogen-bond acceptors (Lipinski definition) is 6. The lowest BCUT2D eigenvalue weighted by molar-refractivity contribution is -0.123. The highest BCUT2D eigenvalue weighted by Crippen LogP contribution is 2.33. The van der Waals surface area contributed by atoms with Crippen LogP contribution < -0.4 is 5.32 Å². The van der Waals surface area contributed by atoms with E-state index in [1.807, 2.05) is 57.2 Å². The van der Waals surface area contributed by atoms with Gasteiger partial charge in [-0.1, -0.05) is 20.8 Å². The third kappa shape index (κ3) is 3.80. The number of carbonyl (C=O) groups is 1. The van der Waals surface area contributed by atoms with Crippen LogP contribution in [-0.2, 0) is 4.79 Å². The molecule has 0 atom stereocenters. The molecule has 6 aromatic rings. The van der Waals surface area contributed by atoms with Crippen LogP contribution in [0.5, 0.6) is 0 Å². The maximum atomic E-state index is 12.4. The van der Waals surface area contributed by atoms with Gasteiger partial charge in [-0.25, -0.2) is 9.97 Å². The molecule has 0 aromatic carbocycles. The molecule has 6 heterocycles. The highest BCUT2D eigenvalue weighted by molar-refractivity contribution is 5.99. The van der Waals surface area contributed by atoms with E-state index in [1.165, 1.54) is 0 Å². The van der Waals surface area contributed by atoms with Gasteiger partial charge in [0.1, 0.15) is 16.9 Å². The molecule has 0 saturated heterocycles. The first kappa shape index (κ1) is 21.7. The largest absolute Gasteiger partial charge is 0.472 e. The molecule has 0 fully saturated rings. The van der Waals surface area contributed by atoms with E-state index in [1.54, 1.807) is 31.1 Å². The summed E-state index contributed by atoms with van der Waals surface area (Å²) in [6, 6.07) is 11.6. The van der Waals surface area contributed by atoms with E-state index in [9.17, 15) is 4.79 Å². The van der Waals surface area contributed by atoms with E-state index in [4.69, 9.17) is 9.40 Å². The average molecular weight is 478 g/mol. The van der Waals surface area contributed by atoms with Crippen molar-refractivity contribution in [3.63, 3.8) is 0 Å². The summed E-state index contributed by atoms with van der Waals surface area (Å²) in [6.07, 6.45) is 8.49. The molecule has 6 rings (SSSR count). The Morgan fingerprint density at radius 3 is 2.75 bits per heavy atom. The van der Waals surface area contributed by atoms with Crippen LogP contribution in [0, 0.1) is 5.41 Å². The first-order chi connectivity index (χ1) is 17.4. The minimum atomic E-state index is -0.509. The molecule has 0 unspecified atom stereocenters. The maximum absolute atomic E-state index is 12.4. The smallest absolute Gasteiger partial charge is 0.229 e. The molecule has 9 nitrogen and oxygen atoms in total. The zero-order chi connectivity index (χ0) is 24.9. The normalized spacial score (nSPS) is 11.9. The number of aromatic amines is 2. The van der Waals surface area contributed by atoms with Gasteiger partial charge in [0, 0.05) is 34.3 Å². The van der Waals surface area contributed by atoms with Crippen molar-refractivity contribution in [2.24, 2.45) is 5.41 Å². The molecule has 0 aliphatic heterocycles. The van der Waals surface area contributed by atoms with E-state index in [2.05, 4.69) is 30.5 Å². The van der Waals surface area contributed by atoms with Crippen LogP contribution in [0.4, 0.5) is 5.69 Å². The van der Waals surface area contributed by atoms with Gasteiger partial charge in [-0.3, -0.25) is 14.9 Å². The van der Waals surface area contributed by atoms with Crippen molar-refractivity contribution in [1.82, 2.24) is 30.1 Å². The summed E-state index contributed by atoms with van der Waals surface area (Å²) in [4.78, 5) is 29.5. The highest BCUT2D eigenvalue weighted by atomic mass is 16.3. The summed E-state index contributed by atoms with van der Waals surface area (Å²) < 4.78 is 5.27. The molecule has 9 heteroatoms. The lowest BCUT2D eigenvalue weighted by atomic mass is 9.95. The van der Waals surface area contributed by atoms with Gasteiger partial charge in [0.15, 0.2) is 0 Å². The van der Waals surface area contributed by atoms with Crippen molar-refractivity contribution < 1.29 is 9.21 Å². The number of fused-ring (bicyclic) bond motifs is 2. The van der Waals surface area contributed by atoms with Crippen molar-refractivity contribution in [3.8, 4) is 33.8 Å². The van der Waals surface area contributed by atoms with Crippen LogP contribution in [0.1, 0.15) is 20.8 Å². The predicted octanol–water partition coefficient (Wildman–Crippen LogP) is 5.81. The standard InChI is InChI=1S/C27H23N7O2/c1-27(2,3)26(35)30-17-10-16(12-28-13-17)20-4-5-21-23(31-20)24(34-33-21)22-11-19-18(15-7-9-36-14-15)6-8-29-25(19)32-22/h4-14H,1-3H3,(H,29,32)(H,30,35)(H,33,34). The quantitative estimate of drug-likeness (QED) is 0.294. The Bertz CT molecular complexity index is 1720. The average Bonchev–Trinajstić information content (AvgIpc) is 3.62. The number of nitrogens with one attached hydrogen (secondary N) is 3. The van der Waals surface area contributed by atoms with Crippen LogP contribution >= 0.6 is 0 Å². The number of H-pyrrole nitrogens is 2. The monoisotopic (exact) mass is 477 g/mol. The highest BCUT2D eigenvalue weighted by Gasteiger charge is 2.21. The zero-order valence-corrected chi connectivity index (χ0v) is 20.0. The number of furan rings is 1. The number of nitrogens with zero attached hydrogens (tertiary/aromatic N) is 4. The molecule has 178 valence electrons. The number of anilines is 1. The Balaban J connectivity index is 1.40. The summed E-state index contributed by atoms with van der Waals surface area (Å²) >= 11 is 0. The number of aromatic nitrogens is 6. The van der Waals surface area contributed by atoms with E-state index in [0.29, 0.717) is 16.9 Å². The van der Waals surface area contributed by atoms with Gasteiger partial charge in [0.2, 0.25) is 5.91 Å². The molecule has 6 aromatic heterocycles. The van der Waals surface area contributed by atoms with Crippen LogP contribution in [-0.4, -0.2) is 36.0 Å². The molecule has 0 saturated carbocycles. The number of amides is 1. The van der Waals surface area contributed by atoms with E-state index in [0.717, 1.165) is 44.6 Å². The number of pyridine rings is 3. The second-order valence-electron chi connectivity index (χ2n) is 9.65. The predicted molar refractivity (Wildman–Crippen MR) is 138 cm³/mol. The van der Waals surface area contributed by atoms with Gasteiger partial charge < -0.3 is 14.7 Å². The Morgan fingerprint density at radius 2 is 1.94 bits per heavy atom. The second kappa shape index (κ2) is 8.16. The third-order valence-electron chi connectivity index (χ3n) is 6.00. The first-order valence-electron chi connectivity index (χ1n) is 11.5. The third-order valence-corrected chi connectivity index (χ3v) is 6.00.